The number of aliphatic carboxylic acids is 1. The van der Waals surface area contributed by atoms with Crippen molar-refractivity contribution in [1.29, 1.82) is 0 Å². The fourth-order valence-corrected chi connectivity index (χ4v) is 2.47. The van der Waals surface area contributed by atoms with E-state index in [1.807, 2.05) is 4.90 Å². The van der Waals surface area contributed by atoms with E-state index >= 15 is 0 Å². The zero-order chi connectivity index (χ0) is 13.5. The molecule has 104 valence electrons. The minimum Gasteiger partial charge on any atom is -0.481 e. The Morgan fingerprint density at radius 3 is 2.61 bits per heavy atom. The summed E-state index contributed by atoms with van der Waals surface area (Å²) in [7, 11) is 0. The standard InChI is InChI=1S/C14H25NO3/c1-11(2)6-8-13(16)15-10-4-3-5-12(15)7-9-14(17)18/h11-12H,3-10H2,1-2H3,(H,17,18). The number of carbonyl (C=O) groups excluding carboxylic acids is 1. The van der Waals surface area contributed by atoms with Gasteiger partial charge in [-0.05, 0) is 38.0 Å². The van der Waals surface area contributed by atoms with Crippen LogP contribution in [0.4, 0.5) is 0 Å². The number of hydrogen-bond acceptors (Lipinski definition) is 2. The van der Waals surface area contributed by atoms with Crippen LogP contribution in [0.5, 0.6) is 0 Å². The third kappa shape index (κ3) is 5.07. The van der Waals surface area contributed by atoms with Crippen LogP contribution < -0.4 is 0 Å². The zero-order valence-corrected chi connectivity index (χ0v) is 11.5. The van der Waals surface area contributed by atoms with Gasteiger partial charge in [-0.2, -0.15) is 0 Å². The highest BCUT2D eigenvalue weighted by Crippen LogP contribution is 2.22. The summed E-state index contributed by atoms with van der Waals surface area (Å²) in [6.07, 6.45) is 5.40. The van der Waals surface area contributed by atoms with Gasteiger partial charge in [0.25, 0.3) is 0 Å². The van der Waals surface area contributed by atoms with Crippen molar-refractivity contribution < 1.29 is 14.7 Å². The first kappa shape index (κ1) is 15.0. The van der Waals surface area contributed by atoms with E-state index in [9.17, 15) is 9.59 Å². The second-order valence-corrected chi connectivity index (χ2v) is 5.60. The highest BCUT2D eigenvalue weighted by atomic mass is 16.4. The Morgan fingerprint density at radius 2 is 2.00 bits per heavy atom. The van der Waals surface area contributed by atoms with E-state index < -0.39 is 5.97 Å². The van der Waals surface area contributed by atoms with Gasteiger partial charge in [-0.25, -0.2) is 0 Å². The topological polar surface area (TPSA) is 57.6 Å². The van der Waals surface area contributed by atoms with E-state index in [1.165, 1.54) is 0 Å². The van der Waals surface area contributed by atoms with E-state index in [0.29, 0.717) is 18.8 Å². The zero-order valence-electron chi connectivity index (χ0n) is 11.5. The molecule has 0 saturated carbocycles. The lowest BCUT2D eigenvalue weighted by Gasteiger charge is -2.36. The first-order chi connectivity index (χ1) is 8.50. The predicted molar refractivity (Wildman–Crippen MR) is 70.3 cm³/mol. The molecule has 0 spiro atoms. The maximum atomic E-state index is 12.1. The molecule has 1 unspecified atom stereocenters. The Morgan fingerprint density at radius 1 is 1.28 bits per heavy atom. The molecule has 0 radical (unpaired) electrons. The van der Waals surface area contributed by atoms with Gasteiger partial charge in [0.05, 0.1) is 0 Å². The lowest BCUT2D eigenvalue weighted by atomic mass is 9.96. The number of piperidine rings is 1. The Bertz CT molecular complexity index is 289. The van der Waals surface area contributed by atoms with Crippen molar-refractivity contribution in [3.05, 3.63) is 0 Å². The number of likely N-dealkylation sites (tertiary alicyclic amines) is 1. The Labute approximate surface area is 109 Å². The number of hydrogen-bond donors (Lipinski definition) is 1. The van der Waals surface area contributed by atoms with Gasteiger partial charge in [0.2, 0.25) is 5.91 Å². The van der Waals surface area contributed by atoms with Crippen molar-refractivity contribution in [3.63, 3.8) is 0 Å². The van der Waals surface area contributed by atoms with Crippen LogP contribution in [-0.2, 0) is 9.59 Å². The molecule has 1 fully saturated rings. The molecule has 1 aliphatic rings. The normalized spacial score (nSPS) is 20.2. The van der Waals surface area contributed by atoms with Gasteiger partial charge in [0.15, 0.2) is 0 Å². The molecule has 1 N–H and O–H groups in total. The fraction of sp³-hybridized carbons (Fsp3) is 0.857. The van der Waals surface area contributed by atoms with Crippen LogP contribution in [0.1, 0.15) is 58.8 Å². The van der Waals surface area contributed by atoms with Crippen molar-refractivity contribution in [2.75, 3.05) is 6.54 Å². The van der Waals surface area contributed by atoms with Crippen molar-refractivity contribution in [1.82, 2.24) is 4.90 Å². The molecule has 1 amide bonds. The van der Waals surface area contributed by atoms with Gasteiger partial charge in [0, 0.05) is 25.4 Å². The minimum atomic E-state index is -0.768. The van der Waals surface area contributed by atoms with E-state index in [-0.39, 0.29) is 18.4 Å². The lowest BCUT2D eigenvalue weighted by Crippen LogP contribution is -2.43. The number of carbonyl (C=O) groups is 2. The van der Waals surface area contributed by atoms with Crippen LogP contribution in [0.2, 0.25) is 0 Å². The molecule has 18 heavy (non-hydrogen) atoms. The van der Waals surface area contributed by atoms with Crippen LogP contribution in [0.3, 0.4) is 0 Å². The third-order valence-electron chi connectivity index (χ3n) is 3.57. The molecule has 1 atom stereocenters. The van der Waals surface area contributed by atoms with Gasteiger partial charge >= 0.3 is 5.97 Å². The molecule has 1 aliphatic heterocycles. The summed E-state index contributed by atoms with van der Waals surface area (Å²) >= 11 is 0. The maximum Gasteiger partial charge on any atom is 0.303 e. The van der Waals surface area contributed by atoms with Crippen LogP contribution in [0.25, 0.3) is 0 Å². The average molecular weight is 255 g/mol. The number of carboxylic acids is 1. The van der Waals surface area contributed by atoms with E-state index in [2.05, 4.69) is 13.8 Å². The van der Waals surface area contributed by atoms with Gasteiger partial charge in [-0.15, -0.1) is 0 Å². The molecule has 0 bridgehead atoms. The average Bonchev–Trinajstić information content (AvgIpc) is 2.33. The Kier molecular flexibility index (Phi) is 6.16. The first-order valence-corrected chi connectivity index (χ1v) is 7.02. The van der Waals surface area contributed by atoms with E-state index in [1.54, 1.807) is 0 Å². The van der Waals surface area contributed by atoms with E-state index in [0.717, 1.165) is 32.2 Å². The summed E-state index contributed by atoms with van der Waals surface area (Å²) in [4.78, 5) is 24.7. The van der Waals surface area contributed by atoms with Crippen molar-refractivity contribution in [2.24, 2.45) is 5.92 Å². The van der Waals surface area contributed by atoms with Crippen LogP contribution in [-0.4, -0.2) is 34.5 Å². The Hall–Kier alpha value is -1.06. The van der Waals surface area contributed by atoms with Crippen molar-refractivity contribution in [2.45, 2.75) is 64.8 Å². The molecule has 0 aliphatic carbocycles. The molecule has 0 aromatic heterocycles. The second kappa shape index (κ2) is 7.39. The summed E-state index contributed by atoms with van der Waals surface area (Å²) in [6.45, 7) is 5.04. The highest BCUT2D eigenvalue weighted by molar-refractivity contribution is 5.76. The van der Waals surface area contributed by atoms with Crippen molar-refractivity contribution in [3.8, 4) is 0 Å². The molecular formula is C14H25NO3. The van der Waals surface area contributed by atoms with Gasteiger partial charge < -0.3 is 10.0 Å². The smallest absolute Gasteiger partial charge is 0.303 e. The molecule has 1 heterocycles. The number of amides is 1. The van der Waals surface area contributed by atoms with Crippen LogP contribution in [0.15, 0.2) is 0 Å². The summed E-state index contributed by atoms with van der Waals surface area (Å²) in [5.74, 6) is -0.0230. The molecule has 0 aromatic carbocycles. The van der Waals surface area contributed by atoms with Gasteiger partial charge in [-0.1, -0.05) is 13.8 Å². The maximum absolute atomic E-state index is 12.1. The second-order valence-electron chi connectivity index (χ2n) is 5.60. The Balaban J connectivity index is 2.47. The van der Waals surface area contributed by atoms with Crippen molar-refractivity contribution >= 4 is 11.9 Å². The highest BCUT2D eigenvalue weighted by Gasteiger charge is 2.26. The SMILES string of the molecule is CC(C)CCC(=O)N1CCCCC1CCC(=O)O. The quantitative estimate of drug-likeness (QED) is 0.793. The summed E-state index contributed by atoms with van der Waals surface area (Å²) < 4.78 is 0. The van der Waals surface area contributed by atoms with Gasteiger partial charge in [-0.3, -0.25) is 9.59 Å². The van der Waals surface area contributed by atoms with Crippen LogP contribution >= 0.6 is 0 Å². The first-order valence-electron chi connectivity index (χ1n) is 7.02. The molecule has 0 aromatic rings. The van der Waals surface area contributed by atoms with Crippen LogP contribution in [0, 0.1) is 5.92 Å². The summed E-state index contributed by atoms with van der Waals surface area (Å²) in [5, 5.41) is 8.74. The largest absolute Gasteiger partial charge is 0.481 e. The third-order valence-corrected chi connectivity index (χ3v) is 3.57. The molecule has 1 rings (SSSR count). The molecule has 1 saturated heterocycles. The molecular weight excluding hydrogens is 230 g/mol. The van der Waals surface area contributed by atoms with Gasteiger partial charge in [0.1, 0.15) is 0 Å². The monoisotopic (exact) mass is 255 g/mol. The molecule has 4 nitrogen and oxygen atoms in total. The minimum absolute atomic E-state index is 0.148. The van der Waals surface area contributed by atoms with E-state index in [4.69, 9.17) is 5.11 Å². The number of rotatable bonds is 6. The predicted octanol–water partition coefficient (Wildman–Crippen LogP) is 2.67. The summed E-state index contributed by atoms with van der Waals surface area (Å²) in [5.41, 5.74) is 0. The number of nitrogens with zero attached hydrogens (tertiary/aromatic N) is 1. The lowest BCUT2D eigenvalue weighted by molar-refractivity contribution is -0.140. The summed E-state index contributed by atoms with van der Waals surface area (Å²) in [6, 6.07) is 0.148. The molecule has 4 heteroatoms. The fourth-order valence-electron chi connectivity index (χ4n) is 2.47. The number of carboxylic acid groups (broad SMARTS) is 1.